The Balaban J connectivity index is 1.41. The van der Waals surface area contributed by atoms with Crippen molar-refractivity contribution in [3.8, 4) is 0 Å². The van der Waals surface area contributed by atoms with Crippen molar-refractivity contribution in [1.82, 2.24) is 15.0 Å². The molecule has 0 bridgehead atoms. The highest BCUT2D eigenvalue weighted by Crippen LogP contribution is 2.23. The molecule has 0 unspecified atom stereocenters. The molecular weight excluding hydrogens is 392 g/mol. The van der Waals surface area contributed by atoms with E-state index in [0.717, 1.165) is 50.2 Å². The molecule has 0 aromatic carbocycles. The number of carboxylic acids is 1. The summed E-state index contributed by atoms with van der Waals surface area (Å²) in [6, 6.07) is 4.23. The van der Waals surface area contributed by atoms with E-state index >= 15 is 0 Å². The van der Waals surface area contributed by atoms with Crippen molar-refractivity contribution in [2.24, 2.45) is 0 Å². The van der Waals surface area contributed by atoms with E-state index in [2.05, 4.69) is 32.4 Å². The molecule has 7 heteroatoms. The largest absolute Gasteiger partial charge is 0.481 e. The zero-order valence-corrected chi connectivity index (χ0v) is 18.4. The van der Waals surface area contributed by atoms with E-state index in [4.69, 9.17) is 0 Å². The molecule has 1 atom stereocenters. The first-order chi connectivity index (χ1) is 14.9. The maximum Gasteiger partial charge on any atom is 0.311 e. The number of aryl methyl sites for hydroxylation is 2. The molecule has 166 valence electrons. The third-order valence-corrected chi connectivity index (χ3v) is 5.71. The number of carbonyl (C=O) groups is 2. The first-order valence-electron chi connectivity index (χ1n) is 11.2. The Morgan fingerprint density at radius 2 is 1.90 bits per heavy atom. The number of carboxylic acid groups (broad SMARTS) is 1. The number of fused-ring (bicyclic) bond motifs is 1. The first-order valence-corrected chi connectivity index (χ1v) is 11.2. The molecule has 7 nitrogen and oxygen atoms in total. The van der Waals surface area contributed by atoms with Crippen LogP contribution in [0, 0.1) is 0 Å². The van der Waals surface area contributed by atoms with Crippen molar-refractivity contribution in [3.63, 3.8) is 0 Å². The summed E-state index contributed by atoms with van der Waals surface area (Å²) in [7, 11) is 0. The van der Waals surface area contributed by atoms with E-state index in [-0.39, 0.29) is 24.5 Å². The molecule has 0 amide bonds. The predicted molar refractivity (Wildman–Crippen MR) is 119 cm³/mol. The van der Waals surface area contributed by atoms with Gasteiger partial charge in [0.25, 0.3) is 0 Å². The van der Waals surface area contributed by atoms with Crippen LogP contribution in [-0.4, -0.2) is 38.4 Å². The van der Waals surface area contributed by atoms with E-state index in [1.807, 2.05) is 13.8 Å². The molecule has 31 heavy (non-hydrogen) atoms. The highest BCUT2D eigenvalue weighted by Gasteiger charge is 2.22. The molecule has 0 fully saturated rings. The Kier molecular flexibility index (Phi) is 8.09. The number of Topliss-reactive ketones (excluding diaryl/α,β-unsaturated/α-hetero) is 1. The van der Waals surface area contributed by atoms with E-state index < -0.39 is 11.9 Å². The Labute approximate surface area is 183 Å². The van der Waals surface area contributed by atoms with E-state index in [1.165, 1.54) is 5.56 Å². The summed E-state index contributed by atoms with van der Waals surface area (Å²) >= 11 is 0. The van der Waals surface area contributed by atoms with Crippen LogP contribution in [0.1, 0.15) is 86.9 Å². The maximum absolute atomic E-state index is 12.3. The topological polar surface area (TPSA) is 105 Å². The molecule has 1 aliphatic rings. The maximum atomic E-state index is 12.3. The van der Waals surface area contributed by atoms with E-state index in [1.54, 1.807) is 12.4 Å². The summed E-state index contributed by atoms with van der Waals surface area (Å²) in [6.07, 6.45) is 8.90. The highest BCUT2D eigenvalue weighted by atomic mass is 16.4. The summed E-state index contributed by atoms with van der Waals surface area (Å²) in [5.41, 5.74) is 2.88. The Hall–Kier alpha value is -2.83. The number of anilines is 1. The number of hydrogen-bond acceptors (Lipinski definition) is 6. The third-order valence-electron chi connectivity index (χ3n) is 5.71. The number of hydrogen-bond donors (Lipinski definition) is 2. The molecule has 0 saturated carbocycles. The van der Waals surface area contributed by atoms with Crippen molar-refractivity contribution in [3.05, 3.63) is 47.2 Å². The smallest absolute Gasteiger partial charge is 0.311 e. The summed E-state index contributed by atoms with van der Waals surface area (Å²) in [5, 5.41) is 12.9. The van der Waals surface area contributed by atoms with Crippen LogP contribution in [0.2, 0.25) is 0 Å². The lowest BCUT2D eigenvalue weighted by molar-refractivity contribution is -0.139. The predicted octanol–water partition coefficient (Wildman–Crippen LogP) is 4.28. The standard InChI is InChI=1S/C24H32N4O3/c1-16(2)22-26-14-18(15-27-22)21(24(30)31)12-11-20(29)8-4-3-7-19-10-9-17-6-5-13-25-23(17)28-19/h9-10,14-16,21H,3-8,11-13H2,1-2H3,(H,25,28)(H,30,31)/t21-/m0/s1. The second kappa shape index (κ2) is 11.0. The van der Waals surface area contributed by atoms with Gasteiger partial charge in [-0.15, -0.1) is 0 Å². The van der Waals surface area contributed by atoms with Gasteiger partial charge in [-0.2, -0.15) is 0 Å². The van der Waals surface area contributed by atoms with Crippen LogP contribution in [0.5, 0.6) is 0 Å². The van der Waals surface area contributed by atoms with Gasteiger partial charge in [0.15, 0.2) is 0 Å². The molecule has 2 aromatic heterocycles. The van der Waals surface area contributed by atoms with Crippen molar-refractivity contribution in [2.45, 2.75) is 77.0 Å². The van der Waals surface area contributed by atoms with Gasteiger partial charge in [-0.1, -0.05) is 19.9 Å². The van der Waals surface area contributed by atoms with Crippen LogP contribution < -0.4 is 5.32 Å². The SMILES string of the molecule is CC(C)c1ncc([C@H](CCC(=O)CCCCc2ccc3c(n2)NCCC3)C(=O)O)cn1. The Bertz CT molecular complexity index is 896. The molecule has 1 aliphatic heterocycles. The molecular formula is C24H32N4O3. The van der Waals surface area contributed by atoms with Gasteiger partial charge in [-0.3, -0.25) is 9.59 Å². The number of aliphatic carboxylic acids is 1. The number of aromatic nitrogens is 3. The quantitative estimate of drug-likeness (QED) is 0.519. The molecule has 2 N–H and O–H groups in total. The fourth-order valence-corrected chi connectivity index (χ4v) is 3.83. The van der Waals surface area contributed by atoms with Crippen molar-refractivity contribution in [1.29, 1.82) is 0 Å². The first kappa shape index (κ1) is 22.8. The minimum atomic E-state index is -0.944. The normalized spacial score (nSPS) is 14.0. The Morgan fingerprint density at radius 1 is 1.13 bits per heavy atom. The van der Waals surface area contributed by atoms with Gasteiger partial charge in [0, 0.05) is 49.0 Å². The van der Waals surface area contributed by atoms with Crippen LogP contribution in [0.15, 0.2) is 24.5 Å². The highest BCUT2D eigenvalue weighted by molar-refractivity contribution is 5.80. The second-order valence-electron chi connectivity index (χ2n) is 8.55. The van der Waals surface area contributed by atoms with Gasteiger partial charge in [-0.25, -0.2) is 15.0 Å². The van der Waals surface area contributed by atoms with Gasteiger partial charge in [0.2, 0.25) is 0 Å². The second-order valence-corrected chi connectivity index (χ2v) is 8.55. The Morgan fingerprint density at radius 3 is 2.61 bits per heavy atom. The van der Waals surface area contributed by atoms with Crippen molar-refractivity contribution in [2.75, 3.05) is 11.9 Å². The van der Waals surface area contributed by atoms with Crippen LogP contribution in [-0.2, 0) is 22.4 Å². The lowest BCUT2D eigenvalue weighted by Crippen LogP contribution is -2.15. The minimum Gasteiger partial charge on any atom is -0.481 e. The molecule has 0 aliphatic carbocycles. The van der Waals surface area contributed by atoms with Crippen molar-refractivity contribution >= 4 is 17.6 Å². The number of rotatable bonds is 11. The van der Waals surface area contributed by atoms with Gasteiger partial charge in [0.05, 0.1) is 5.92 Å². The summed E-state index contributed by atoms with van der Waals surface area (Å²) in [4.78, 5) is 37.2. The molecule has 2 aromatic rings. The third kappa shape index (κ3) is 6.57. The number of nitrogens with zero attached hydrogens (tertiary/aromatic N) is 3. The fourth-order valence-electron chi connectivity index (χ4n) is 3.83. The summed E-state index contributed by atoms with van der Waals surface area (Å²) < 4.78 is 0. The van der Waals surface area contributed by atoms with Crippen LogP contribution in [0.25, 0.3) is 0 Å². The lowest BCUT2D eigenvalue weighted by Gasteiger charge is -2.17. The number of carbonyl (C=O) groups excluding carboxylic acids is 1. The van der Waals surface area contributed by atoms with Gasteiger partial charge in [0.1, 0.15) is 17.4 Å². The van der Waals surface area contributed by atoms with Crippen LogP contribution >= 0.6 is 0 Å². The van der Waals surface area contributed by atoms with E-state index in [0.29, 0.717) is 17.8 Å². The van der Waals surface area contributed by atoms with Crippen molar-refractivity contribution < 1.29 is 14.7 Å². The van der Waals surface area contributed by atoms with E-state index in [9.17, 15) is 14.7 Å². The summed E-state index contributed by atoms with van der Waals surface area (Å²) in [5.74, 6) is 0.286. The molecule has 3 heterocycles. The number of nitrogens with one attached hydrogen (secondary N) is 1. The lowest BCUT2D eigenvalue weighted by atomic mass is 9.94. The molecule has 0 radical (unpaired) electrons. The zero-order valence-electron chi connectivity index (χ0n) is 18.4. The number of ketones is 1. The number of pyridine rings is 1. The summed E-state index contributed by atoms with van der Waals surface area (Å²) in [6.45, 7) is 4.95. The molecule has 0 spiro atoms. The van der Waals surface area contributed by atoms with Gasteiger partial charge >= 0.3 is 5.97 Å². The van der Waals surface area contributed by atoms with Gasteiger partial charge in [-0.05, 0) is 50.2 Å². The van der Waals surface area contributed by atoms with Crippen LogP contribution in [0.4, 0.5) is 5.82 Å². The van der Waals surface area contributed by atoms with Gasteiger partial charge < -0.3 is 10.4 Å². The van der Waals surface area contributed by atoms with Crippen LogP contribution in [0.3, 0.4) is 0 Å². The average molecular weight is 425 g/mol. The monoisotopic (exact) mass is 424 g/mol. The average Bonchev–Trinajstić information content (AvgIpc) is 2.77. The number of unbranched alkanes of at least 4 members (excludes halogenated alkanes) is 1. The molecule has 0 saturated heterocycles. The zero-order chi connectivity index (χ0) is 22.2. The fraction of sp³-hybridized carbons (Fsp3) is 0.542. The minimum absolute atomic E-state index is 0.103. The molecule has 3 rings (SSSR count).